The van der Waals surface area contributed by atoms with E-state index in [0.717, 1.165) is 33.2 Å². The zero-order valence-electron chi connectivity index (χ0n) is 9.50. The number of fused-ring (bicyclic) bond motifs is 1. The molecule has 0 radical (unpaired) electrons. The van der Waals surface area contributed by atoms with E-state index in [1.165, 1.54) is 0 Å². The van der Waals surface area contributed by atoms with Crippen LogP contribution in [0.25, 0.3) is 10.9 Å². The number of nitrogen functional groups attached to an aromatic ring is 1. The Morgan fingerprint density at radius 1 is 1.38 bits per heavy atom. The summed E-state index contributed by atoms with van der Waals surface area (Å²) < 4.78 is 1.00. The monoisotopic (exact) mass is 278 g/mol. The quantitative estimate of drug-likeness (QED) is 0.908. The van der Waals surface area contributed by atoms with E-state index >= 15 is 0 Å². The van der Waals surface area contributed by atoms with Crippen molar-refractivity contribution in [1.82, 2.24) is 4.98 Å². The number of aromatic nitrogens is 1. The second kappa shape index (κ2) is 4.42. The highest BCUT2D eigenvalue weighted by Gasteiger charge is 2.07. The molecule has 0 saturated heterocycles. The lowest BCUT2D eigenvalue weighted by atomic mass is 10.1. The predicted octanol–water partition coefficient (Wildman–Crippen LogP) is 3.78. The first kappa shape index (κ1) is 11.4. The maximum absolute atomic E-state index is 6.04. The van der Waals surface area contributed by atoms with Crippen molar-refractivity contribution in [3.8, 4) is 0 Å². The van der Waals surface area contributed by atoms with Crippen LogP contribution in [-0.2, 0) is 6.42 Å². The lowest BCUT2D eigenvalue weighted by molar-refractivity contribution is 0.637. The Kier molecular flexibility index (Phi) is 3.15. The SMILES string of the molecule is CC(C)Cc1cc(N)c2cccc(Br)c2n1. The van der Waals surface area contributed by atoms with Crippen LogP contribution in [0, 0.1) is 5.92 Å². The second-order valence-corrected chi connectivity index (χ2v) is 5.29. The molecule has 0 saturated carbocycles. The van der Waals surface area contributed by atoms with Gasteiger partial charge in [0, 0.05) is 21.2 Å². The Morgan fingerprint density at radius 2 is 2.12 bits per heavy atom. The Balaban J connectivity index is 2.61. The van der Waals surface area contributed by atoms with E-state index in [1.807, 2.05) is 24.3 Å². The highest BCUT2D eigenvalue weighted by molar-refractivity contribution is 9.10. The lowest BCUT2D eigenvalue weighted by Crippen LogP contribution is -2.00. The molecule has 3 heteroatoms. The number of hydrogen-bond acceptors (Lipinski definition) is 2. The average Bonchev–Trinajstić information content (AvgIpc) is 2.19. The molecule has 0 aliphatic rings. The Morgan fingerprint density at radius 3 is 2.81 bits per heavy atom. The third-order valence-corrected chi connectivity index (χ3v) is 3.13. The van der Waals surface area contributed by atoms with Gasteiger partial charge in [0.05, 0.1) is 5.52 Å². The fourth-order valence-corrected chi connectivity index (χ4v) is 2.27. The molecule has 0 bridgehead atoms. The fourth-order valence-electron chi connectivity index (χ4n) is 1.82. The van der Waals surface area contributed by atoms with Crippen molar-refractivity contribution in [1.29, 1.82) is 0 Å². The molecule has 1 aromatic heterocycles. The standard InChI is InChI=1S/C13H15BrN2/c1-8(2)6-9-7-12(15)10-4-3-5-11(14)13(10)16-9/h3-5,7-8H,6H2,1-2H3,(H2,15,16). The largest absolute Gasteiger partial charge is 0.398 e. The van der Waals surface area contributed by atoms with Crippen molar-refractivity contribution < 1.29 is 0 Å². The number of nitrogens with zero attached hydrogens (tertiary/aromatic N) is 1. The molecular weight excluding hydrogens is 264 g/mol. The van der Waals surface area contributed by atoms with Gasteiger partial charge in [0.1, 0.15) is 0 Å². The number of hydrogen-bond donors (Lipinski definition) is 1. The summed E-state index contributed by atoms with van der Waals surface area (Å²) in [6.45, 7) is 4.37. The van der Waals surface area contributed by atoms with Gasteiger partial charge >= 0.3 is 0 Å². The van der Waals surface area contributed by atoms with Gasteiger partial charge in [-0.25, -0.2) is 0 Å². The number of nitrogens with two attached hydrogens (primary N) is 1. The zero-order chi connectivity index (χ0) is 11.7. The van der Waals surface area contributed by atoms with Gasteiger partial charge in [-0.1, -0.05) is 26.0 Å². The number of halogens is 1. The molecule has 0 atom stereocenters. The van der Waals surface area contributed by atoms with Crippen LogP contribution in [0.15, 0.2) is 28.7 Å². The first-order valence-corrected chi connectivity index (χ1v) is 6.21. The summed E-state index contributed by atoms with van der Waals surface area (Å²) >= 11 is 3.51. The van der Waals surface area contributed by atoms with Gasteiger partial charge in [-0.05, 0) is 40.4 Å². The molecule has 0 fully saturated rings. The lowest BCUT2D eigenvalue weighted by Gasteiger charge is -2.09. The summed E-state index contributed by atoms with van der Waals surface area (Å²) in [5.41, 5.74) is 8.87. The molecular formula is C13H15BrN2. The van der Waals surface area contributed by atoms with Gasteiger partial charge in [0.25, 0.3) is 0 Å². The number of para-hydroxylation sites is 1. The van der Waals surface area contributed by atoms with Crippen LogP contribution in [0.4, 0.5) is 5.69 Å². The normalized spacial score (nSPS) is 11.2. The molecule has 84 valence electrons. The molecule has 16 heavy (non-hydrogen) atoms. The Bertz CT molecular complexity index is 521. The van der Waals surface area contributed by atoms with Gasteiger partial charge in [-0.3, -0.25) is 4.98 Å². The Hall–Kier alpha value is -1.09. The minimum atomic E-state index is 0.590. The van der Waals surface area contributed by atoms with Crippen molar-refractivity contribution in [2.24, 2.45) is 5.92 Å². The van der Waals surface area contributed by atoms with Crippen LogP contribution in [0.5, 0.6) is 0 Å². The summed E-state index contributed by atoms with van der Waals surface area (Å²) in [5, 5.41) is 1.02. The highest BCUT2D eigenvalue weighted by atomic mass is 79.9. The number of benzene rings is 1. The average molecular weight is 279 g/mol. The summed E-state index contributed by atoms with van der Waals surface area (Å²) in [5.74, 6) is 0.590. The summed E-state index contributed by atoms with van der Waals surface area (Å²) in [6.07, 6.45) is 0.960. The van der Waals surface area contributed by atoms with Gasteiger partial charge < -0.3 is 5.73 Å². The molecule has 2 aromatic rings. The molecule has 0 unspecified atom stereocenters. The van der Waals surface area contributed by atoms with Crippen LogP contribution < -0.4 is 5.73 Å². The second-order valence-electron chi connectivity index (χ2n) is 4.44. The van der Waals surface area contributed by atoms with Crippen LogP contribution in [0.1, 0.15) is 19.5 Å². The molecule has 1 heterocycles. The number of anilines is 1. The van der Waals surface area contributed by atoms with Gasteiger partial charge in [-0.15, -0.1) is 0 Å². The molecule has 2 N–H and O–H groups in total. The van der Waals surface area contributed by atoms with Crippen LogP contribution >= 0.6 is 15.9 Å². The van der Waals surface area contributed by atoms with Crippen LogP contribution in [0.2, 0.25) is 0 Å². The minimum absolute atomic E-state index is 0.590. The van der Waals surface area contributed by atoms with Gasteiger partial charge in [0.2, 0.25) is 0 Å². The van der Waals surface area contributed by atoms with Crippen LogP contribution in [-0.4, -0.2) is 4.98 Å². The van der Waals surface area contributed by atoms with E-state index in [2.05, 4.69) is 34.8 Å². The molecule has 2 rings (SSSR count). The van der Waals surface area contributed by atoms with Crippen molar-refractivity contribution in [3.05, 3.63) is 34.4 Å². The Labute approximate surface area is 104 Å². The topological polar surface area (TPSA) is 38.9 Å². The van der Waals surface area contributed by atoms with E-state index in [0.29, 0.717) is 5.92 Å². The van der Waals surface area contributed by atoms with E-state index in [4.69, 9.17) is 5.73 Å². The summed E-state index contributed by atoms with van der Waals surface area (Å²) in [7, 11) is 0. The highest BCUT2D eigenvalue weighted by Crippen LogP contribution is 2.27. The van der Waals surface area contributed by atoms with Crippen molar-refractivity contribution in [2.45, 2.75) is 20.3 Å². The first-order valence-electron chi connectivity index (χ1n) is 5.41. The van der Waals surface area contributed by atoms with E-state index in [-0.39, 0.29) is 0 Å². The van der Waals surface area contributed by atoms with Gasteiger partial charge in [0.15, 0.2) is 0 Å². The minimum Gasteiger partial charge on any atom is -0.398 e. The van der Waals surface area contributed by atoms with E-state index in [1.54, 1.807) is 0 Å². The summed E-state index contributed by atoms with van der Waals surface area (Å²) in [4.78, 5) is 4.65. The van der Waals surface area contributed by atoms with E-state index < -0.39 is 0 Å². The maximum Gasteiger partial charge on any atom is 0.0867 e. The number of rotatable bonds is 2. The van der Waals surface area contributed by atoms with Crippen molar-refractivity contribution >= 4 is 32.5 Å². The van der Waals surface area contributed by atoms with Gasteiger partial charge in [-0.2, -0.15) is 0 Å². The zero-order valence-corrected chi connectivity index (χ0v) is 11.1. The van der Waals surface area contributed by atoms with Crippen molar-refractivity contribution in [3.63, 3.8) is 0 Å². The molecule has 0 amide bonds. The number of pyridine rings is 1. The molecule has 0 aliphatic heterocycles. The molecule has 0 spiro atoms. The predicted molar refractivity (Wildman–Crippen MR) is 72.4 cm³/mol. The molecule has 1 aromatic carbocycles. The third kappa shape index (κ3) is 2.19. The fraction of sp³-hybridized carbons (Fsp3) is 0.308. The summed E-state index contributed by atoms with van der Waals surface area (Å²) in [6, 6.07) is 7.96. The first-order chi connectivity index (χ1) is 7.58. The molecule has 0 aliphatic carbocycles. The smallest absolute Gasteiger partial charge is 0.0867 e. The third-order valence-electron chi connectivity index (χ3n) is 2.49. The molecule has 2 nitrogen and oxygen atoms in total. The maximum atomic E-state index is 6.04. The van der Waals surface area contributed by atoms with Crippen molar-refractivity contribution in [2.75, 3.05) is 5.73 Å². The van der Waals surface area contributed by atoms with E-state index in [9.17, 15) is 0 Å². The van der Waals surface area contributed by atoms with Crippen LogP contribution in [0.3, 0.4) is 0 Å².